The maximum Gasteiger partial charge on any atom is 0.335 e. The van der Waals surface area contributed by atoms with E-state index in [1.807, 2.05) is 6.92 Å². The lowest BCUT2D eigenvalue weighted by Gasteiger charge is -1.98. The van der Waals surface area contributed by atoms with Crippen molar-refractivity contribution in [3.63, 3.8) is 0 Å². The van der Waals surface area contributed by atoms with Crippen LogP contribution in [0.3, 0.4) is 0 Å². The van der Waals surface area contributed by atoms with Crippen LogP contribution < -0.4 is 0 Å². The SMILES string of the molecule is Cc1cc(C(=O)O)ccc1S. The Balaban J connectivity index is 3.15. The van der Waals surface area contributed by atoms with Crippen LogP contribution in [0.1, 0.15) is 15.9 Å². The molecule has 0 fully saturated rings. The molecule has 0 atom stereocenters. The van der Waals surface area contributed by atoms with Crippen LogP contribution in [0.4, 0.5) is 0 Å². The Morgan fingerprint density at radius 3 is 2.64 bits per heavy atom. The zero-order chi connectivity index (χ0) is 8.43. The van der Waals surface area contributed by atoms with Gasteiger partial charge in [0.1, 0.15) is 0 Å². The maximum atomic E-state index is 10.4. The first kappa shape index (κ1) is 8.14. The molecule has 58 valence electrons. The molecule has 0 saturated carbocycles. The Labute approximate surface area is 70.3 Å². The average molecular weight is 168 g/mol. The maximum absolute atomic E-state index is 10.4. The van der Waals surface area contributed by atoms with E-state index in [-0.39, 0.29) is 0 Å². The molecule has 0 aliphatic rings. The van der Waals surface area contributed by atoms with Crippen LogP contribution in [0.25, 0.3) is 0 Å². The summed E-state index contributed by atoms with van der Waals surface area (Å²) >= 11 is 4.12. The van der Waals surface area contributed by atoms with Crippen molar-refractivity contribution >= 4 is 18.6 Å². The fourth-order valence-corrected chi connectivity index (χ4v) is 0.928. The predicted octanol–water partition coefficient (Wildman–Crippen LogP) is 1.98. The van der Waals surface area contributed by atoms with Crippen LogP contribution in [-0.4, -0.2) is 11.1 Å². The van der Waals surface area contributed by atoms with Crippen molar-refractivity contribution in [1.29, 1.82) is 0 Å². The van der Waals surface area contributed by atoms with E-state index in [1.165, 1.54) is 6.07 Å². The molecule has 0 radical (unpaired) electrons. The number of carboxylic acid groups (broad SMARTS) is 1. The van der Waals surface area contributed by atoms with Crippen molar-refractivity contribution in [2.24, 2.45) is 0 Å². The number of aromatic carboxylic acids is 1. The minimum Gasteiger partial charge on any atom is -0.478 e. The fraction of sp³-hybridized carbons (Fsp3) is 0.125. The standard InChI is InChI=1S/C8H8O2S/c1-5-4-6(8(9)10)2-3-7(5)11/h2-4,11H,1H3,(H,9,10). The van der Waals surface area contributed by atoms with Crippen molar-refractivity contribution < 1.29 is 9.90 Å². The second kappa shape index (κ2) is 2.96. The lowest BCUT2D eigenvalue weighted by molar-refractivity contribution is 0.0696. The van der Waals surface area contributed by atoms with Crippen LogP contribution in [0.15, 0.2) is 23.1 Å². The summed E-state index contributed by atoms with van der Waals surface area (Å²) in [5.41, 5.74) is 1.19. The van der Waals surface area contributed by atoms with Crippen molar-refractivity contribution in [1.82, 2.24) is 0 Å². The zero-order valence-corrected chi connectivity index (χ0v) is 6.93. The number of rotatable bonds is 1. The predicted molar refractivity (Wildman–Crippen MR) is 45.4 cm³/mol. The first-order chi connectivity index (χ1) is 5.11. The second-order valence-electron chi connectivity index (χ2n) is 2.31. The molecule has 0 bridgehead atoms. The molecule has 0 heterocycles. The second-order valence-corrected chi connectivity index (χ2v) is 2.79. The van der Waals surface area contributed by atoms with Crippen LogP contribution >= 0.6 is 12.6 Å². The van der Waals surface area contributed by atoms with Gasteiger partial charge in [-0.1, -0.05) is 0 Å². The molecular weight excluding hydrogens is 160 g/mol. The Hall–Kier alpha value is -0.960. The van der Waals surface area contributed by atoms with Gasteiger partial charge in [-0.05, 0) is 30.7 Å². The molecule has 0 aliphatic carbocycles. The van der Waals surface area contributed by atoms with Crippen LogP contribution in [0.5, 0.6) is 0 Å². The normalized spacial score (nSPS) is 9.64. The molecule has 0 unspecified atom stereocenters. The number of aryl methyl sites for hydroxylation is 1. The van der Waals surface area contributed by atoms with E-state index >= 15 is 0 Å². The van der Waals surface area contributed by atoms with E-state index in [0.717, 1.165) is 10.5 Å². The number of benzene rings is 1. The number of thiol groups is 1. The molecule has 0 spiro atoms. The Kier molecular flexibility index (Phi) is 2.19. The summed E-state index contributed by atoms with van der Waals surface area (Å²) < 4.78 is 0. The third-order valence-electron chi connectivity index (χ3n) is 1.44. The van der Waals surface area contributed by atoms with Crippen LogP contribution in [0, 0.1) is 6.92 Å². The third kappa shape index (κ3) is 1.74. The smallest absolute Gasteiger partial charge is 0.335 e. The topological polar surface area (TPSA) is 37.3 Å². The quantitative estimate of drug-likeness (QED) is 0.629. The van der Waals surface area contributed by atoms with Gasteiger partial charge in [-0.2, -0.15) is 0 Å². The molecule has 3 heteroatoms. The van der Waals surface area contributed by atoms with Gasteiger partial charge in [0.15, 0.2) is 0 Å². The van der Waals surface area contributed by atoms with Crippen molar-refractivity contribution in [2.75, 3.05) is 0 Å². The molecule has 1 aromatic carbocycles. The first-order valence-electron chi connectivity index (χ1n) is 3.14. The average Bonchev–Trinajstić information content (AvgIpc) is 1.94. The highest BCUT2D eigenvalue weighted by molar-refractivity contribution is 7.80. The van der Waals surface area contributed by atoms with E-state index in [2.05, 4.69) is 12.6 Å². The van der Waals surface area contributed by atoms with Crippen molar-refractivity contribution in [3.05, 3.63) is 29.3 Å². The van der Waals surface area contributed by atoms with Gasteiger partial charge < -0.3 is 5.11 Å². The molecule has 0 aliphatic heterocycles. The van der Waals surface area contributed by atoms with E-state index in [9.17, 15) is 4.79 Å². The van der Waals surface area contributed by atoms with Gasteiger partial charge in [-0.15, -0.1) is 12.6 Å². The van der Waals surface area contributed by atoms with E-state index < -0.39 is 5.97 Å². The van der Waals surface area contributed by atoms with E-state index in [4.69, 9.17) is 5.11 Å². The first-order valence-corrected chi connectivity index (χ1v) is 3.59. The molecular formula is C8H8O2S. The summed E-state index contributed by atoms with van der Waals surface area (Å²) in [4.78, 5) is 11.3. The molecule has 0 saturated heterocycles. The van der Waals surface area contributed by atoms with E-state index in [0.29, 0.717) is 5.56 Å². The fourth-order valence-electron chi connectivity index (χ4n) is 0.788. The highest BCUT2D eigenvalue weighted by atomic mass is 32.1. The van der Waals surface area contributed by atoms with Gasteiger partial charge >= 0.3 is 5.97 Å². The summed E-state index contributed by atoms with van der Waals surface area (Å²) in [5, 5.41) is 8.58. The number of hydrogen-bond donors (Lipinski definition) is 2. The Morgan fingerprint density at radius 1 is 1.55 bits per heavy atom. The highest BCUT2D eigenvalue weighted by Gasteiger charge is 2.02. The summed E-state index contributed by atoms with van der Waals surface area (Å²) in [6.07, 6.45) is 0. The van der Waals surface area contributed by atoms with Gasteiger partial charge in [0, 0.05) is 4.90 Å². The van der Waals surface area contributed by atoms with Crippen LogP contribution in [-0.2, 0) is 0 Å². The summed E-state index contributed by atoms with van der Waals surface area (Å²) in [7, 11) is 0. The molecule has 1 N–H and O–H groups in total. The number of carboxylic acids is 1. The molecule has 11 heavy (non-hydrogen) atoms. The Morgan fingerprint density at radius 2 is 2.18 bits per heavy atom. The molecule has 1 rings (SSSR count). The molecule has 0 amide bonds. The lowest BCUT2D eigenvalue weighted by atomic mass is 10.1. The van der Waals surface area contributed by atoms with Crippen LogP contribution in [0.2, 0.25) is 0 Å². The zero-order valence-electron chi connectivity index (χ0n) is 6.03. The van der Waals surface area contributed by atoms with Gasteiger partial charge in [0.2, 0.25) is 0 Å². The van der Waals surface area contributed by atoms with Gasteiger partial charge in [0.05, 0.1) is 5.56 Å². The highest BCUT2D eigenvalue weighted by Crippen LogP contribution is 2.14. The van der Waals surface area contributed by atoms with Gasteiger partial charge in [-0.25, -0.2) is 4.79 Å². The van der Waals surface area contributed by atoms with Crippen molar-refractivity contribution in [2.45, 2.75) is 11.8 Å². The van der Waals surface area contributed by atoms with Gasteiger partial charge in [0.25, 0.3) is 0 Å². The molecule has 0 aromatic heterocycles. The summed E-state index contributed by atoms with van der Waals surface area (Å²) in [6, 6.07) is 4.82. The molecule has 1 aromatic rings. The Bertz CT molecular complexity index is 294. The van der Waals surface area contributed by atoms with Crippen molar-refractivity contribution in [3.8, 4) is 0 Å². The van der Waals surface area contributed by atoms with Gasteiger partial charge in [-0.3, -0.25) is 0 Å². The monoisotopic (exact) mass is 168 g/mol. The summed E-state index contributed by atoms with van der Waals surface area (Å²) in [6.45, 7) is 1.83. The molecule has 2 nitrogen and oxygen atoms in total. The van der Waals surface area contributed by atoms with E-state index in [1.54, 1.807) is 12.1 Å². The third-order valence-corrected chi connectivity index (χ3v) is 1.95. The lowest BCUT2D eigenvalue weighted by Crippen LogP contribution is -1.96. The minimum atomic E-state index is -0.901. The number of hydrogen-bond acceptors (Lipinski definition) is 2. The minimum absolute atomic E-state index is 0.306. The number of carbonyl (C=O) groups is 1. The summed E-state index contributed by atoms with van der Waals surface area (Å²) in [5.74, 6) is -0.901. The largest absolute Gasteiger partial charge is 0.478 e.